The first kappa shape index (κ1) is 17.7. The molecule has 5 heteroatoms. The summed E-state index contributed by atoms with van der Waals surface area (Å²) in [5.41, 5.74) is 1.79. The van der Waals surface area contributed by atoms with Gasteiger partial charge in [-0.05, 0) is 43.7 Å². The Kier molecular flexibility index (Phi) is 6.49. The van der Waals surface area contributed by atoms with E-state index in [2.05, 4.69) is 5.32 Å². The lowest BCUT2D eigenvalue weighted by molar-refractivity contribution is -0.116. The van der Waals surface area contributed by atoms with Gasteiger partial charge in [-0.3, -0.25) is 4.79 Å². The summed E-state index contributed by atoms with van der Waals surface area (Å²) in [5.74, 6) is 1.89. The van der Waals surface area contributed by atoms with Crippen molar-refractivity contribution in [2.24, 2.45) is 0 Å². The van der Waals surface area contributed by atoms with Crippen molar-refractivity contribution in [1.29, 1.82) is 0 Å². The zero-order valence-electron chi connectivity index (χ0n) is 14.3. The molecule has 0 saturated heterocycles. The molecule has 1 amide bonds. The van der Waals surface area contributed by atoms with Crippen LogP contribution in [-0.2, 0) is 4.79 Å². The molecule has 0 aliphatic heterocycles. The van der Waals surface area contributed by atoms with E-state index >= 15 is 0 Å². The van der Waals surface area contributed by atoms with E-state index < -0.39 is 0 Å². The molecule has 5 nitrogen and oxygen atoms in total. The Morgan fingerprint density at radius 3 is 2.62 bits per heavy atom. The van der Waals surface area contributed by atoms with Crippen molar-refractivity contribution < 1.29 is 19.0 Å². The number of aryl methyl sites for hydroxylation is 1. The molecule has 2 rings (SSSR count). The van der Waals surface area contributed by atoms with Crippen molar-refractivity contribution in [3.05, 3.63) is 48.0 Å². The Hall–Kier alpha value is -2.69. The maximum Gasteiger partial charge on any atom is 0.227 e. The Balaban J connectivity index is 1.85. The molecule has 0 aromatic heterocycles. The smallest absolute Gasteiger partial charge is 0.227 e. The minimum Gasteiger partial charge on any atom is -0.493 e. The maximum absolute atomic E-state index is 12.0. The van der Waals surface area contributed by atoms with Gasteiger partial charge < -0.3 is 19.5 Å². The SMILES string of the molecule is CCOc1ccc(NC(=O)CCOc2cccc(C)c2)cc1OC. The van der Waals surface area contributed by atoms with Crippen LogP contribution in [0, 0.1) is 6.92 Å². The van der Waals surface area contributed by atoms with Gasteiger partial charge in [-0.15, -0.1) is 0 Å². The fourth-order valence-corrected chi connectivity index (χ4v) is 2.21. The lowest BCUT2D eigenvalue weighted by Gasteiger charge is -2.12. The minimum atomic E-state index is -0.117. The van der Waals surface area contributed by atoms with Crippen LogP contribution in [0.5, 0.6) is 17.2 Å². The van der Waals surface area contributed by atoms with Crippen LogP contribution >= 0.6 is 0 Å². The highest BCUT2D eigenvalue weighted by atomic mass is 16.5. The van der Waals surface area contributed by atoms with E-state index in [9.17, 15) is 4.79 Å². The average molecular weight is 329 g/mol. The number of methoxy groups -OCH3 is 1. The van der Waals surface area contributed by atoms with Crippen LogP contribution < -0.4 is 19.5 Å². The van der Waals surface area contributed by atoms with E-state index in [4.69, 9.17) is 14.2 Å². The molecule has 0 heterocycles. The molecule has 1 N–H and O–H groups in total. The molecule has 0 saturated carbocycles. The van der Waals surface area contributed by atoms with Crippen LogP contribution in [0.15, 0.2) is 42.5 Å². The summed E-state index contributed by atoms with van der Waals surface area (Å²) in [6, 6.07) is 13.0. The maximum atomic E-state index is 12.0. The number of amides is 1. The molecule has 0 unspecified atom stereocenters. The van der Waals surface area contributed by atoms with Crippen molar-refractivity contribution in [3.63, 3.8) is 0 Å². The van der Waals surface area contributed by atoms with Crippen molar-refractivity contribution in [2.45, 2.75) is 20.3 Å². The highest BCUT2D eigenvalue weighted by Crippen LogP contribution is 2.30. The third-order valence-corrected chi connectivity index (χ3v) is 3.33. The lowest BCUT2D eigenvalue weighted by atomic mass is 10.2. The van der Waals surface area contributed by atoms with Gasteiger partial charge in [0, 0.05) is 11.8 Å². The number of anilines is 1. The molecule has 0 atom stereocenters. The molecule has 0 aliphatic carbocycles. The molecular weight excluding hydrogens is 306 g/mol. The Morgan fingerprint density at radius 2 is 1.92 bits per heavy atom. The zero-order valence-corrected chi connectivity index (χ0v) is 14.3. The highest BCUT2D eigenvalue weighted by Gasteiger charge is 2.08. The lowest BCUT2D eigenvalue weighted by Crippen LogP contribution is -2.15. The Morgan fingerprint density at radius 1 is 1.08 bits per heavy atom. The highest BCUT2D eigenvalue weighted by molar-refractivity contribution is 5.91. The second kappa shape index (κ2) is 8.82. The molecule has 0 spiro atoms. The molecule has 0 radical (unpaired) electrons. The van der Waals surface area contributed by atoms with Crippen LogP contribution in [0.3, 0.4) is 0 Å². The average Bonchev–Trinajstić information content (AvgIpc) is 2.56. The van der Waals surface area contributed by atoms with Crippen molar-refractivity contribution in [3.8, 4) is 17.2 Å². The number of carbonyl (C=O) groups excluding carboxylic acids is 1. The Bertz CT molecular complexity index is 685. The van der Waals surface area contributed by atoms with Gasteiger partial charge in [0.05, 0.1) is 26.7 Å². The van der Waals surface area contributed by atoms with Gasteiger partial charge >= 0.3 is 0 Å². The fraction of sp³-hybridized carbons (Fsp3) is 0.316. The second-order valence-corrected chi connectivity index (χ2v) is 5.26. The number of benzene rings is 2. The van der Waals surface area contributed by atoms with Crippen LogP contribution in [0.2, 0.25) is 0 Å². The summed E-state index contributed by atoms with van der Waals surface area (Å²) in [7, 11) is 1.57. The quantitative estimate of drug-likeness (QED) is 0.800. The van der Waals surface area contributed by atoms with Gasteiger partial charge in [0.15, 0.2) is 11.5 Å². The predicted octanol–water partition coefficient (Wildman–Crippen LogP) is 3.81. The number of carbonyl (C=O) groups is 1. The Labute approximate surface area is 142 Å². The molecule has 0 aliphatic rings. The molecular formula is C19H23NO4. The first-order valence-electron chi connectivity index (χ1n) is 7.92. The van der Waals surface area contributed by atoms with E-state index in [1.807, 2.05) is 38.1 Å². The summed E-state index contributed by atoms with van der Waals surface area (Å²) in [6.45, 7) is 4.78. The van der Waals surface area contributed by atoms with Gasteiger partial charge in [0.1, 0.15) is 5.75 Å². The molecule has 24 heavy (non-hydrogen) atoms. The summed E-state index contributed by atoms with van der Waals surface area (Å²) < 4.78 is 16.3. The van der Waals surface area contributed by atoms with Crippen LogP contribution in [0.4, 0.5) is 5.69 Å². The first-order chi connectivity index (χ1) is 11.6. The number of rotatable bonds is 8. The van der Waals surface area contributed by atoms with E-state index in [1.54, 1.807) is 25.3 Å². The summed E-state index contributed by atoms with van der Waals surface area (Å²) >= 11 is 0. The summed E-state index contributed by atoms with van der Waals surface area (Å²) in [6.07, 6.45) is 0.267. The van der Waals surface area contributed by atoms with Crippen LogP contribution in [0.1, 0.15) is 18.9 Å². The standard InChI is InChI=1S/C19H23NO4/c1-4-23-17-9-8-15(13-18(17)22-3)20-19(21)10-11-24-16-7-5-6-14(2)12-16/h5-9,12-13H,4,10-11H2,1-3H3,(H,20,21). The van der Waals surface area contributed by atoms with E-state index in [0.29, 0.717) is 30.4 Å². The van der Waals surface area contributed by atoms with Gasteiger partial charge in [-0.25, -0.2) is 0 Å². The van der Waals surface area contributed by atoms with E-state index in [1.165, 1.54) is 0 Å². The van der Waals surface area contributed by atoms with Gasteiger partial charge in [-0.2, -0.15) is 0 Å². The largest absolute Gasteiger partial charge is 0.493 e. The van der Waals surface area contributed by atoms with Gasteiger partial charge in [-0.1, -0.05) is 12.1 Å². The van der Waals surface area contributed by atoms with E-state index in [-0.39, 0.29) is 12.3 Å². The van der Waals surface area contributed by atoms with Crippen LogP contribution in [0.25, 0.3) is 0 Å². The van der Waals surface area contributed by atoms with E-state index in [0.717, 1.165) is 11.3 Å². The number of nitrogens with one attached hydrogen (secondary N) is 1. The molecule has 0 bridgehead atoms. The number of hydrogen-bond donors (Lipinski definition) is 1. The predicted molar refractivity (Wildman–Crippen MR) is 94.1 cm³/mol. The first-order valence-corrected chi connectivity index (χ1v) is 7.92. The monoisotopic (exact) mass is 329 g/mol. The number of hydrogen-bond acceptors (Lipinski definition) is 4. The topological polar surface area (TPSA) is 56.8 Å². The van der Waals surface area contributed by atoms with Crippen molar-refractivity contribution in [2.75, 3.05) is 25.6 Å². The summed E-state index contributed by atoms with van der Waals surface area (Å²) in [4.78, 5) is 12.0. The second-order valence-electron chi connectivity index (χ2n) is 5.26. The molecule has 2 aromatic rings. The van der Waals surface area contributed by atoms with Crippen molar-refractivity contribution in [1.82, 2.24) is 0 Å². The number of ether oxygens (including phenoxy) is 3. The van der Waals surface area contributed by atoms with Crippen molar-refractivity contribution >= 4 is 11.6 Å². The van der Waals surface area contributed by atoms with Gasteiger partial charge in [0.2, 0.25) is 5.91 Å². The normalized spacial score (nSPS) is 10.1. The third-order valence-electron chi connectivity index (χ3n) is 3.33. The fourth-order valence-electron chi connectivity index (χ4n) is 2.21. The molecule has 0 fully saturated rings. The summed E-state index contributed by atoms with van der Waals surface area (Å²) in [5, 5.41) is 2.83. The molecule has 128 valence electrons. The zero-order chi connectivity index (χ0) is 17.4. The molecule has 2 aromatic carbocycles. The third kappa shape index (κ3) is 5.19. The minimum absolute atomic E-state index is 0.117. The van der Waals surface area contributed by atoms with Gasteiger partial charge in [0.25, 0.3) is 0 Å². The van der Waals surface area contributed by atoms with Crippen LogP contribution in [-0.4, -0.2) is 26.2 Å².